The maximum absolute atomic E-state index is 12.3. The molecule has 0 aliphatic carbocycles. The van der Waals surface area contributed by atoms with Gasteiger partial charge in [0.15, 0.2) is 0 Å². The van der Waals surface area contributed by atoms with Gasteiger partial charge in [-0.3, -0.25) is 0 Å². The molecule has 0 unspecified atom stereocenters. The number of rotatable bonds is 5. The topological polar surface area (TPSA) is 29.0 Å². The minimum absolute atomic E-state index is 0.338. The molecule has 1 heterocycles. The van der Waals surface area contributed by atoms with Crippen molar-refractivity contribution in [2.75, 3.05) is 23.3 Å². The fraction of sp³-hybridized carbons (Fsp3) is 0.556. The van der Waals surface area contributed by atoms with Crippen LogP contribution in [0.5, 0.6) is 0 Å². The molecular weight excluding hydrogens is 268 g/mol. The molecule has 0 fully saturated rings. The van der Waals surface area contributed by atoms with Gasteiger partial charge >= 0.3 is 0 Å². The summed E-state index contributed by atoms with van der Waals surface area (Å²) in [5.74, 6) is 0.356. The van der Waals surface area contributed by atoms with E-state index in [4.69, 9.17) is 0 Å². The molecule has 0 radical (unpaired) electrons. The van der Waals surface area contributed by atoms with Gasteiger partial charge in [-0.05, 0) is 13.0 Å². The molecule has 0 amide bonds. The lowest BCUT2D eigenvalue weighted by Crippen LogP contribution is -2.32. The Labute approximate surface area is 95.7 Å². The van der Waals surface area contributed by atoms with Crippen LogP contribution in [0.3, 0.4) is 0 Å². The number of hydrogen-bond donors (Lipinski definition) is 0. The molecule has 3 nitrogen and oxygen atoms in total. The van der Waals surface area contributed by atoms with Crippen LogP contribution in [0, 0.1) is 6.92 Å². The van der Waals surface area contributed by atoms with Gasteiger partial charge in [0, 0.05) is 23.8 Å². The maximum atomic E-state index is 12.3. The summed E-state index contributed by atoms with van der Waals surface area (Å²) in [7, 11) is 0. The smallest absolute Gasteiger partial charge is 0.255 e. The number of alkyl halides is 3. The van der Waals surface area contributed by atoms with E-state index >= 15 is 0 Å². The minimum atomic E-state index is -2.38. The Kier molecular flexibility index (Phi) is 4.87. The SMILES string of the molecule is Cc1ccnc(N(CCBr)CC(F)F)n1. The Hall–Kier alpha value is -0.780. The molecule has 0 bridgehead atoms. The number of aromatic nitrogens is 2. The normalized spacial score (nSPS) is 10.7. The van der Waals surface area contributed by atoms with Crippen LogP contribution >= 0.6 is 15.9 Å². The third-order valence-electron chi connectivity index (χ3n) is 1.78. The van der Waals surface area contributed by atoms with Crippen molar-refractivity contribution in [1.82, 2.24) is 9.97 Å². The summed E-state index contributed by atoms with van der Waals surface area (Å²) in [6.45, 7) is 1.93. The van der Waals surface area contributed by atoms with E-state index in [0.29, 0.717) is 17.8 Å². The molecule has 0 aliphatic heterocycles. The van der Waals surface area contributed by atoms with Gasteiger partial charge < -0.3 is 4.90 Å². The summed E-state index contributed by atoms with van der Waals surface area (Å²) in [6.07, 6.45) is -0.808. The highest BCUT2D eigenvalue weighted by Gasteiger charge is 2.14. The Morgan fingerprint density at radius 1 is 1.53 bits per heavy atom. The van der Waals surface area contributed by atoms with Crippen molar-refractivity contribution in [3.8, 4) is 0 Å². The van der Waals surface area contributed by atoms with Crippen molar-refractivity contribution in [2.45, 2.75) is 13.3 Å². The average molecular weight is 280 g/mol. The lowest BCUT2D eigenvalue weighted by Gasteiger charge is -2.20. The molecule has 6 heteroatoms. The van der Waals surface area contributed by atoms with Gasteiger partial charge in [-0.15, -0.1) is 0 Å². The third kappa shape index (κ3) is 4.07. The van der Waals surface area contributed by atoms with Gasteiger partial charge in [-0.1, -0.05) is 15.9 Å². The zero-order chi connectivity index (χ0) is 11.3. The van der Waals surface area contributed by atoms with E-state index in [9.17, 15) is 8.78 Å². The summed E-state index contributed by atoms with van der Waals surface area (Å²) in [5, 5.41) is 0.608. The number of halogens is 3. The van der Waals surface area contributed by atoms with Crippen LogP contribution in [0.1, 0.15) is 5.69 Å². The monoisotopic (exact) mass is 279 g/mol. The van der Waals surface area contributed by atoms with Crippen LogP contribution in [0.4, 0.5) is 14.7 Å². The molecule has 0 aliphatic rings. The van der Waals surface area contributed by atoms with Gasteiger partial charge in [-0.2, -0.15) is 0 Å². The second-order valence-electron chi connectivity index (χ2n) is 3.02. The largest absolute Gasteiger partial charge is 0.334 e. The standard InChI is InChI=1S/C9H12BrF2N3/c1-7-2-4-13-9(14-7)15(5-3-10)6-8(11)12/h2,4,8H,3,5-6H2,1H3. The highest BCUT2D eigenvalue weighted by molar-refractivity contribution is 9.09. The van der Waals surface area contributed by atoms with Crippen LogP contribution in [-0.2, 0) is 0 Å². The third-order valence-corrected chi connectivity index (χ3v) is 2.13. The molecule has 1 aromatic rings. The first-order chi connectivity index (χ1) is 7.13. The fourth-order valence-corrected chi connectivity index (χ4v) is 1.56. The van der Waals surface area contributed by atoms with Crippen molar-refractivity contribution in [3.05, 3.63) is 18.0 Å². The Morgan fingerprint density at radius 2 is 2.27 bits per heavy atom. The summed E-state index contributed by atoms with van der Waals surface area (Å²) in [4.78, 5) is 9.54. The van der Waals surface area contributed by atoms with Crippen molar-refractivity contribution in [2.24, 2.45) is 0 Å². The highest BCUT2D eigenvalue weighted by atomic mass is 79.9. The van der Waals surface area contributed by atoms with Gasteiger partial charge in [0.25, 0.3) is 6.43 Å². The zero-order valence-electron chi connectivity index (χ0n) is 8.33. The second-order valence-corrected chi connectivity index (χ2v) is 3.82. The van der Waals surface area contributed by atoms with E-state index in [0.717, 1.165) is 5.69 Å². The van der Waals surface area contributed by atoms with Crippen molar-refractivity contribution < 1.29 is 8.78 Å². The predicted molar refractivity (Wildman–Crippen MR) is 58.8 cm³/mol. The minimum Gasteiger partial charge on any atom is -0.334 e. The molecule has 0 aromatic carbocycles. The van der Waals surface area contributed by atoms with E-state index in [1.165, 1.54) is 4.90 Å². The highest BCUT2D eigenvalue weighted by Crippen LogP contribution is 2.10. The summed E-state index contributed by atoms with van der Waals surface area (Å²) in [5.41, 5.74) is 0.772. The van der Waals surface area contributed by atoms with Crippen LogP contribution in [-0.4, -0.2) is 34.8 Å². The van der Waals surface area contributed by atoms with Crippen molar-refractivity contribution in [1.29, 1.82) is 0 Å². The summed E-state index contributed by atoms with van der Waals surface area (Å²) >= 11 is 3.21. The van der Waals surface area contributed by atoms with E-state index in [1.807, 2.05) is 0 Å². The van der Waals surface area contributed by atoms with Gasteiger partial charge in [0.1, 0.15) is 0 Å². The lowest BCUT2D eigenvalue weighted by molar-refractivity contribution is 0.154. The van der Waals surface area contributed by atoms with E-state index in [1.54, 1.807) is 19.2 Å². The molecular formula is C9H12BrF2N3. The quantitative estimate of drug-likeness (QED) is 0.775. The van der Waals surface area contributed by atoms with Crippen molar-refractivity contribution >= 4 is 21.9 Å². The zero-order valence-corrected chi connectivity index (χ0v) is 9.91. The second kappa shape index (κ2) is 5.95. The molecule has 0 saturated carbocycles. The van der Waals surface area contributed by atoms with Gasteiger partial charge in [0.05, 0.1) is 6.54 Å². The first-order valence-electron chi connectivity index (χ1n) is 4.52. The fourth-order valence-electron chi connectivity index (χ4n) is 1.13. The van der Waals surface area contributed by atoms with E-state index in [2.05, 4.69) is 25.9 Å². The Morgan fingerprint density at radius 3 is 2.80 bits per heavy atom. The number of hydrogen-bond acceptors (Lipinski definition) is 3. The first-order valence-corrected chi connectivity index (χ1v) is 5.64. The van der Waals surface area contributed by atoms with Gasteiger partial charge in [0.2, 0.25) is 5.95 Å². The number of anilines is 1. The molecule has 15 heavy (non-hydrogen) atoms. The number of aryl methyl sites for hydroxylation is 1. The average Bonchev–Trinajstić information content (AvgIpc) is 2.16. The Balaban J connectivity index is 2.78. The van der Waals surface area contributed by atoms with E-state index in [-0.39, 0.29) is 6.54 Å². The van der Waals surface area contributed by atoms with Crippen LogP contribution < -0.4 is 4.90 Å². The number of nitrogens with zero attached hydrogens (tertiary/aromatic N) is 3. The van der Waals surface area contributed by atoms with Crippen LogP contribution in [0.25, 0.3) is 0 Å². The molecule has 0 spiro atoms. The molecule has 1 rings (SSSR count). The first kappa shape index (κ1) is 12.3. The maximum Gasteiger partial charge on any atom is 0.255 e. The lowest BCUT2D eigenvalue weighted by atomic mass is 10.4. The Bertz CT molecular complexity index is 309. The molecule has 84 valence electrons. The molecule has 0 atom stereocenters. The van der Waals surface area contributed by atoms with E-state index < -0.39 is 6.43 Å². The molecule has 0 saturated heterocycles. The van der Waals surface area contributed by atoms with Crippen LogP contribution in [0.2, 0.25) is 0 Å². The molecule has 1 aromatic heterocycles. The molecule has 0 N–H and O–H groups in total. The summed E-state index contributed by atoms with van der Waals surface area (Å²) < 4.78 is 24.6. The van der Waals surface area contributed by atoms with Gasteiger partial charge in [-0.25, -0.2) is 18.7 Å². The van der Waals surface area contributed by atoms with Crippen molar-refractivity contribution in [3.63, 3.8) is 0 Å². The van der Waals surface area contributed by atoms with Crippen LogP contribution in [0.15, 0.2) is 12.3 Å². The summed E-state index contributed by atoms with van der Waals surface area (Å²) in [6, 6.07) is 1.73. The predicted octanol–water partition coefficient (Wildman–Crippen LogP) is 2.25.